The van der Waals surface area contributed by atoms with Crippen molar-refractivity contribution in [1.82, 2.24) is 4.90 Å². The maximum atomic E-state index is 10.0. The first kappa shape index (κ1) is 14.0. The van der Waals surface area contributed by atoms with Gasteiger partial charge < -0.3 is 10.0 Å². The van der Waals surface area contributed by atoms with Crippen LogP contribution in [0.25, 0.3) is 0 Å². The van der Waals surface area contributed by atoms with E-state index in [-0.39, 0.29) is 6.10 Å². The number of likely N-dealkylation sites (N-methyl/N-ethyl adjacent to an activating group) is 1. The molecule has 3 heteroatoms. The minimum Gasteiger partial charge on any atom is -0.391 e. The molecule has 1 aromatic carbocycles. The average Bonchev–Trinajstić information content (AvgIpc) is 2.38. The van der Waals surface area contributed by atoms with Crippen LogP contribution in [-0.2, 0) is 6.42 Å². The van der Waals surface area contributed by atoms with Crippen molar-refractivity contribution in [3.63, 3.8) is 0 Å². The summed E-state index contributed by atoms with van der Waals surface area (Å²) in [6, 6.07) is 8.86. The van der Waals surface area contributed by atoms with Gasteiger partial charge in [0.15, 0.2) is 0 Å². The van der Waals surface area contributed by atoms with Crippen molar-refractivity contribution in [3.8, 4) is 0 Å². The predicted molar refractivity (Wildman–Crippen MR) is 78.7 cm³/mol. The number of aliphatic hydroxyl groups excluding tert-OH is 1. The van der Waals surface area contributed by atoms with Crippen LogP contribution in [0.3, 0.4) is 0 Å². The summed E-state index contributed by atoms with van der Waals surface area (Å²) in [5, 5.41) is 10.0. The van der Waals surface area contributed by atoms with Gasteiger partial charge in [-0.25, -0.2) is 0 Å². The van der Waals surface area contributed by atoms with E-state index in [1.807, 2.05) is 0 Å². The zero-order valence-electron chi connectivity index (χ0n) is 11.0. The summed E-state index contributed by atoms with van der Waals surface area (Å²) in [6.07, 6.45) is 5.45. The van der Waals surface area contributed by atoms with Gasteiger partial charge in [-0.05, 0) is 44.0 Å². The zero-order valence-corrected chi connectivity index (χ0v) is 12.6. The monoisotopic (exact) mass is 311 g/mol. The molecule has 1 aliphatic rings. The van der Waals surface area contributed by atoms with Gasteiger partial charge in [-0.3, -0.25) is 0 Å². The molecule has 0 saturated heterocycles. The van der Waals surface area contributed by atoms with Gasteiger partial charge >= 0.3 is 0 Å². The van der Waals surface area contributed by atoms with Gasteiger partial charge in [0, 0.05) is 17.1 Å². The van der Waals surface area contributed by atoms with E-state index in [0.717, 1.165) is 30.3 Å². The molecule has 1 N–H and O–H groups in total. The van der Waals surface area contributed by atoms with Gasteiger partial charge in [-0.1, -0.05) is 40.9 Å². The quantitative estimate of drug-likeness (QED) is 0.923. The topological polar surface area (TPSA) is 23.5 Å². The van der Waals surface area contributed by atoms with Crippen LogP contribution < -0.4 is 0 Å². The molecule has 0 bridgehead atoms. The van der Waals surface area contributed by atoms with E-state index in [1.54, 1.807) is 0 Å². The molecule has 0 aromatic heterocycles. The van der Waals surface area contributed by atoms with Crippen molar-refractivity contribution in [3.05, 3.63) is 34.3 Å². The van der Waals surface area contributed by atoms with E-state index in [0.29, 0.717) is 6.04 Å². The molecule has 1 aromatic rings. The third-order valence-corrected chi connectivity index (χ3v) is 4.46. The van der Waals surface area contributed by atoms with Gasteiger partial charge in [-0.2, -0.15) is 0 Å². The van der Waals surface area contributed by atoms with E-state index in [1.165, 1.54) is 18.4 Å². The molecule has 2 atom stereocenters. The SMILES string of the molecule is CN(CCc1ccc(Br)cc1)[C@H]1CCCC[C@@H]1O. The maximum absolute atomic E-state index is 10.0. The second-order valence-corrected chi connectivity index (χ2v) is 6.19. The first-order valence-corrected chi connectivity index (χ1v) is 7.59. The number of benzene rings is 1. The van der Waals surface area contributed by atoms with Crippen LogP contribution in [0.2, 0.25) is 0 Å². The lowest BCUT2D eigenvalue weighted by atomic mass is 9.91. The average molecular weight is 312 g/mol. The van der Waals surface area contributed by atoms with Crippen molar-refractivity contribution in [2.24, 2.45) is 0 Å². The van der Waals surface area contributed by atoms with Gasteiger partial charge in [0.1, 0.15) is 0 Å². The Morgan fingerprint density at radius 1 is 1.22 bits per heavy atom. The minimum absolute atomic E-state index is 0.131. The van der Waals surface area contributed by atoms with E-state index in [2.05, 4.69) is 52.1 Å². The normalized spacial score (nSPS) is 24.4. The number of nitrogens with zero attached hydrogens (tertiary/aromatic N) is 1. The number of rotatable bonds is 4. The molecule has 0 heterocycles. The molecular formula is C15H22BrNO. The summed E-state index contributed by atoms with van der Waals surface area (Å²) in [7, 11) is 2.14. The van der Waals surface area contributed by atoms with Crippen LogP contribution >= 0.6 is 15.9 Å². The Bertz CT molecular complexity index is 365. The fourth-order valence-electron chi connectivity index (χ4n) is 2.73. The summed E-state index contributed by atoms with van der Waals surface area (Å²) in [6.45, 7) is 1.02. The Hall–Kier alpha value is -0.380. The summed E-state index contributed by atoms with van der Waals surface area (Å²) < 4.78 is 1.13. The van der Waals surface area contributed by atoms with Gasteiger partial charge in [0.25, 0.3) is 0 Å². The molecule has 1 saturated carbocycles. The molecular weight excluding hydrogens is 290 g/mol. The molecule has 1 aliphatic carbocycles. The molecule has 0 amide bonds. The van der Waals surface area contributed by atoms with Crippen LogP contribution in [0.1, 0.15) is 31.2 Å². The highest BCUT2D eigenvalue weighted by atomic mass is 79.9. The van der Waals surface area contributed by atoms with Crippen molar-refractivity contribution < 1.29 is 5.11 Å². The van der Waals surface area contributed by atoms with E-state index < -0.39 is 0 Å². The first-order valence-electron chi connectivity index (χ1n) is 6.79. The Morgan fingerprint density at radius 2 is 1.89 bits per heavy atom. The lowest BCUT2D eigenvalue weighted by molar-refractivity contribution is 0.0327. The second-order valence-electron chi connectivity index (χ2n) is 5.28. The Morgan fingerprint density at radius 3 is 2.56 bits per heavy atom. The molecule has 0 spiro atoms. The molecule has 0 radical (unpaired) electrons. The van der Waals surface area contributed by atoms with Gasteiger partial charge in [0.05, 0.1) is 6.10 Å². The zero-order chi connectivity index (χ0) is 13.0. The molecule has 1 fully saturated rings. The minimum atomic E-state index is -0.131. The molecule has 18 heavy (non-hydrogen) atoms. The summed E-state index contributed by atoms with van der Waals surface area (Å²) in [5.74, 6) is 0. The lowest BCUT2D eigenvalue weighted by Crippen LogP contribution is -2.44. The van der Waals surface area contributed by atoms with E-state index >= 15 is 0 Å². The maximum Gasteiger partial charge on any atom is 0.0695 e. The smallest absolute Gasteiger partial charge is 0.0695 e. The number of hydrogen-bond donors (Lipinski definition) is 1. The van der Waals surface area contributed by atoms with E-state index in [4.69, 9.17) is 0 Å². The molecule has 100 valence electrons. The second kappa shape index (κ2) is 6.69. The summed E-state index contributed by atoms with van der Waals surface area (Å²) in [5.41, 5.74) is 1.36. The highest BCUT2D eigenvalue weighted by molar-refractivity contribution is 9.10. The van der Waals surface area contributed by atoms with Crippen LogP contribution in [0, 0.1) is 0 Å². The number of hydrogen-bond acceptors (Lipinski definition) is 2. The van der Waals surface area contributed by atoms with Crippen LogP contribution in [0.5, 0.6) is 0 Å². The van der Waals surface area contributed by atoms with Crippen molar-refractivity contribution >= 4 is 15.9 Å². The van der Waals surface area contributed by atoms with E-state index in [9.17, 15) is 5.11 Å². The fraction of sp³-hybridized carbons (Fsp3) is 0.600. The number of halogens is 1. The standard InChI is InChI=1S/C15H22BrNO/c1-17(14-4-2-3-5-15(14)18)11-10-12-6-8-13(16)9-7-12/h6-9,14-15,18H,2-5,10-11H2,1H3/t14-,15-/m0/s1. The van der Waals surface area contributed by atoms with Crippen molar-refractivity contribution in [1.29, 1.82) is 0 Å². The highest BCUT2D eigenvalue weighted by Crippen LogP contribution is 2.22. The van der Waals surface area contributed by atoms with Crippen molar-refractivity contribution in [2.75, 3.05) is 13.6 Å². The summed E-state index contributed by atoms with van der Waals surface area (Å²) >= 11 is 3.45. The Kier molecular flexibility index (Phi) is 5.22. The largest absolute Gasteiger partial charge is 0.391 e. The Labute approximate surface area is 118 Å². The first-order chi connectivity index (χ1) is 8.66. The summed E-state index contributed by atoms with van der Waals surface area (Å²) in [4.78, 5) is 2.33. The predicted octanol–water partition coefficient (Wildman–Crippen LogP) is 3.23. The van der Waals surface area contributed by atoms with Gasteiger partial charge in [0.2, 0.25) is 0 Å². The molecule has 2 nitrogen and oxygen atoms in total. The lowest BCUT2D eigenvalue weighted by Gasteiger charge is -2.35. The molecule has 2 rings (SSSR count). The van der Waals surface area contributed by atoms with Crippen molar-refractivity contribution in [2.45, 2.75) is 44.2 Å². The van der Waals surface area contributed by atoms with Gasteiger partial charge in [-0.15, -0.1) is 0 Å². The third kappa shape index (κ3) is 3.81. The Balaban J connectivity index is 1.83. The fourth-order valence-corrected chi connectivity index (χ4v) is 2.99. The molecule has 0 aliphatic heterocycles. The third-order valence-electron chi connectivity index (χ3n) is 3.93. The van der Waals surface area contributed by atoms with Crippen LogP contribution in [0.15, 0.2) is 28.7 Å². The van der Waals surface area contributed by atoms with Crippen LogP contribution in [-0.4, -0.2) is 35.7 Å². The van der Waals surface area contributed by atoms with Crippen LogP contribution in [0.4, 0.5) is 0 Å². The molecule has 0 unspecified atom stereocenters. The highest BCUT2D eigenvalue weighted by Gasteiger charge is 2.25. The number of aliphatic hydroxyl groups is 1.